The lowest BCUT2D eigenvalue weighted by atomic mass is 10.2. The molecule has 0 saturated carbocycles. The van der Waals surface area contributed by atoms with Gasteiger partial charge in [-0.2, -0.15) is 0 Å². The fraction of sp³-hybridized carbons (Fsp3) is 0.167. The molecule has 0 unspecified atom stereocenters. The molecule has 0 radical (unpaired) electrons. The molecule has 0 aliphatic rings. The minimum Gasteiger partial charge on any atom is -0.481 e. The van der Waals surface area contributed by atoms with Gasteiger partial charge in [-0.1, -0.05) is 12.1 Å². The second kappa shape index (κ2) is 4.37. The first-order valence-electron chi connectivity index (χ1n) is 5.10. The van der Waals surface area contributed by atoms with E-state index in [0.717, 1.165) is 0 Å². The molecule has 2 N–H and O–H groups in total. The van der Waals surface area contributed by atoms with E-state index in [9.17, 15) is 9.18 Å². The quantitative estimate of drug-likeness (QED) is 0.855. The van der Waals surface area contributed by atoms with E-state index < -0.39 is 5.97 Å². The van der Waals surface area contributed by atoms with E-state index in [2.05, 4.69) is 9.97 Å². The van der Waals surface area contributed by atoms with E-state index in [-0.39, 0.29) is 12.2 Å². The largest absolute Gasteiger partial charge is 0.481 e. The third-order valence-electron chi connectivity index (χ3n) is 2.43. The number of H-pyrrole nitrogens is 1. The molecule has 4 nitrogen and oxygen atoms in total. The van der Waals surface area contributed by atoms with Crippen LogP contribution >= 0.6 is 0 Å². The van der Waals surface area contributed by atoms with Crippen molar-refractivity contribution in [3.63, 3.8) is 0 Å². The Labute approximate surface area is 97.1 Å². The molecule has 1 heterocycles. The van der Waals surface area contributed by atoms with Crippen LogP contribution in [-0.4, -0.2) is 21.0 Å². The van der Waals surface area contributed by atoms with Crippen molar-refractivity contribution in [2.45, 2.75) is 13.3 Å². The molecule has 88 valence electrons. The number of aromatic nitrogens is 2. The molecule has 0 fully saturated rings. The first kappa shape index (κ1) is 11.3. The predicted molar refractivity (Wildman–Crippen MR) is 60.1 cm³/mol. The molecule has 0 saturated heterocycles. The Balaban J connectivity index is 2.41. The van der Waals surface area contributed by atoms with Gasteiger partial charge in [0, 0.05) is 5.69 Å². The highest BCUT2D eigenvalue weighted by Crippen LogP contribution is 2.21. The Hall–Kier alpha value is -2.17. The number of aliphatic carboxylic acids is 1. The number of nitrogens with zero attached hydrogens (tertiary/aromatic N) is 1. The zero-order chi connectivity index (χ0) is 12.4. The van der Waals surface area contributed by atoms with E-state index in [1.165, 1.54) is 6.07 Å². The van der Waals surface area contributed by atoms with Crippen molar-refractivity contribution in [1.29, 1.82) is 0 Å². The van der Waals surface area contributed by atoms with Gasteiger partial charge in [-0.3, -0.25) is 4.79 Å². The lowest BCUT2D eigenvalue weighted by Gasteiger charge is -1.97. The number of rotatable bonds is 3. The van der Waals surface area contributed by atoms with Crippen LogP contribution in [0.5, 0.6) is 0 Å². The fourth-order valence-electron chi connectivity index (χ4n) is 1.59. The number of aromatic amines is 1. The van der Waals surface area contributed by atoms with Gasteiger partial charge in [-0.25, -0.2) is 9.37 Å². The van der Waals surface area contributed by atoms with E-state index in [4.69, 9.17) is 5.11 Å². The van der Waals surface area contributed by atoms with Gasteiger partial charge in [0.15, 0.2) is 0 Å². The Kier molecular flexibility index (Phi) is 2.91. The number of imidazole rings is 1. The molecule has 2 aromatic rings. The molecule has 0 amide bonds. The van der Waals surface area contributed by atoms with Gasteiger partial charge in [0.1, 0.15) is 11.6 Å². The average Bonchev–Trinajstić information content (AvgIpc) is 2.60. The lowest BCUT2D eigenvalue weighted by Crippen LogP contribution is -2.01. The predicted octanol–water partition coefficient (Wildman–Crippen LogP) is 2.15. The Morgan fingerprint density at radius 3 is 2.82 bits per heavy atom. The molecule has 2 rings (SSSR count). The summed E-state index contributed by atoms with van der Waals surface area (Å²) in [6.07, 6.45) is -0.170. The smallest absolute Gasteiger partial charge is 0.309 e. The fourth-order valence-corrected chi connectivity index (χ4v) is 1.59. The lowest BCUT2D eigenvalue weighted by molar-refractivity contribution is -0.136. The first-order valence-corrected chi connectivity index (χ1v) is 5.10. The van der Waals surface area contributed by atoms with Crippen molar-refractivity contribution in [2.75, 3.05) is 0 Å². The summed E-state index contributed by atoms with van der Waals surface area (Å²) in [7, 11) is 0. The summed E-state index contributed by atoms with van der Waals surface area (Å²) in [5, 5.41) is 8.70. The number of benzene rings is 1. The van der Waals surface area contributed by atoms with Gasteiger partial charge in [0.05, 0.1) is 17.7 Å². The second-order valence-electron chi connectivity index (χ2n) is 3.71. The normalized spacial score (nSPS) is 10.5. The van der Waals surface area contributed by atoms with Gasteiger partial charge >= 0.3 is 5.97 Å². The molecular formula is C12H11FN2O2. The minimum absolute atomic E-state index is 0.170. The van der Waals surface area contributed by atoms with Crippen LogP contribution in [0.2, 0.25) is 0 Å². The maximum Gasteiger partial charge on any atom is 0.309 e. The Morgan fingerprint density at radius 1 is 1.47 bits per heavy atom. The molecule has 5 heteroatoms. The van der Waals surface area contributed by atoms with Crippen molar-refractivity contribution in [3.8, 4) is 11.4 Å². The van der Waals surface area contributed by atoms with Crippen molar-refractivity contribution in [2.24, 2.45) is 0 Å². The molecular weight excluding hydrogens is 223 g/mol. The van der Waals surface area contributed by atoms with E-state index >= 15 is 0 Å². The molecule has 17 heavy (non-hydrogen) atoms. The number of carbonyl (C=O) groups is 1. The first-order chi connectivity index (χ1) is 8.08. The van der Waals surface area contributed by atoms with Crippen LogP contribution in [0.4, 0.5) is 4.39 Å². The molecule has 0 aliphatic heterocycles. The number of hydrogen-bond acceptors (Lipinski definition) is 2. The molecule has 1 aromatic heterocycles. The van der Waals surface area contributed by atoms with Crippen molar-refractivity contribution in [3.05, 3.63) is 41.5 Å². The van der Waals surface area contributed by atoms with Crippen LogP contribution < -0.4 is 0 Å². The van der Waals surface area contributed by atoms with Crippen LogP contribution in [0, 0.1) is 12.7 Å². The summed E-state index contributed by atoms with van der Waals surface area (Å²) in [5.74, 6) is -0.986. The van der Waals surface area contributed by atoms with Gasteiger partial charge in [-0.15, -0.1) is 0 Å². The van der Waals surface area contributed by atoms with Crippen molar-refractivity contribution in [1.82, 2.24) is 9.97 Å². The SMILES string of the molecule is Cc1[nH]c(-c2ccccc2F)nc1CC(=O)O. The van der Waals surface area contributed by atoms with E-state index in [0.29, 0.717) is 22.8 Å². The van der Waals surface area contributed by atoms with Gasteiger partial charge in [0.2, 0.25) is 0 Å². The highest BCUT2D eigenvalue weighted by molar-refractivity contribution is 5.70. The van der Waals surface area contributed by atoms with Crippen molar-refractivity contribution >= 4 is 5.97 Å². The van der Waals surface area contributed by atoms with E-state index in [1.807, 2.05) is 0 Å². The van der Waals surface area contributed by atoms with Gasteiger partial charge < -0.3 is 10.1 Å². The van der Waals surface area contributed by atoms with Gasteiger partial charge in [-0.05, 0) is 19.1 Å². The van der Waals surface area contributed by atoms with Crippen LogP contribution in [-0.2, 0) is 11.2 Å². The van der Waals surface area contributed by atoms with Crippen molar-refractivity contribution < 1.29 is 14.3 Å². The molecule has 0 bridgehead atoms. The zero-order valence-electron chi connectivity index (χ0n) is 9.20. The van der Waals surface area contributed by atoms with Crippen LogP contribution in [0.25, 0.3) is 11.4 Å². The summed E-state index contributed by atoms with van der Waals surface area (Å²) < 4.78 is 13.5. The monoisotopic (exact) mass is 234 g/mol. The topological polar surface area (TPSA) is 66.0 Å². The zero-order valence-corrected chi connectivity index (χ0v) is 9.20. The molecule has 0 spiro atoms. The summed E-state index contributed by atoms with van der Waals surface area (Å²) in [5.41, 5.74) is 1.41. The maximum atomic E-state index is 13.5. The van der Waals surface area contributed by atoms with Crippen LogP contribution in [0.3, 0.4) is 0 Å². The highest BCUT2D eigenvalue weighted by atomic mass is 19.1. The number of carboxylic acids is 1. The Morgan fingerprint density at radius 2 is 2.18 bits per heavy atom. The number of hydrogen-bond donors (Lipinski definition) is 2. The molecule has 0 atom stereocenters. The highest BCUT2D eigenvalue weighted by Gasteiger charge is 2.13. The van der Waals surface area contributed by atoms with Gasteiger partial charge in [0.25, 0.3) is 0 Å². The summed E-state index contributed by atoms with van der Waals surface area (Å²) in [6, 6.07) is 6.22. The average molecular weight is 234 g/mol. The number of carboxylic acid groups (broad SMARTS) is 1. The Bertz CT molecular complexity index is 563. The third kappa shape index (κ3) is 2.33. The maximum absolute atomic E-state index is 13.5. The number of halogens is 1. The minimum atomic E-state index is -0.959. The van der Waals surface area contributed by atoms with E-state index in [1.54, 1.807) is 25.1 Å². The van der Waals surface area contributed by atoms with Crippen LogP contribution in [0.15, 0.2) is 24.3 Å². The second-order valence-corrected chi connectivity index (χ2v) is 3.71. The summed E-state index contributed by atoms with van der Waals surface area (Å²) in [4.78, 5) is 17.6. The number of nitrogens with one attached hydrogen (secondary N) is 1. The summed E-state index contributed by atoms with van der Waals surface area (Å²) in [6.45, 7) is 1.72. The number of aryl methyl sites for hydroxylation is 1. The molecule has 0 aliphatic carbocycles. The third-order valence-corrected chi connectivity index (χ3v) is 2.43. The molecule has 1 aromatic carbocycles. The standard InChI is InChI=1S/C12H11FN2O2/c1-7-10(6-11(16)17)15-12(14-7)8-4-2-3-5-9(8)13/h2-5H,6H2,1H3,(H,14,15)(H,16,17). The summed E-state index contributed by atoms with van der Waals surface area (Å²) >= 11 is 0. The van der Waals surface area contributed by atoms with Crippen LogP contribution in [0.1, 0.15) is 11.4 Å².